The van der Waals surface area contributed by atoms with E-state index in [1.54, 1.807) is 12.1 Å². The van der Waals surface area contributed by atoms with Crippen LogP contribution >= 0.6 is 0 Å². The molecule has 1 aliphatic rings. The van der Waals surface area contributed by atoms with Gasteiger partial charge in [-0.15, -0.1) is 0 Å². The van der Waals surface area contributed by atoms with Crippen LogP contribution in [0.25, 0.3) is 0 Å². The first kappa shape index (κ1) is 14.0. The summed E-state index contributed by atoms with van der Waals surface area (Å²) < 4.78 is 40.6. The second-order valence-corrected chi connectivity index (χ2v) is 5.59. The molecule has 0 aliphatic heterocycles. The number of aryl methyl sites for hydroxylation is 1. The Morgan fingerprint density at radius 3 is 2.29 bits per heavy atom. The Hall–Kier alpha value is -1.97. The predicted molar refractivity (Wildman–Crippen MR) is 76.6 cm³/mol. The number of rotatable bonds is 4. The van der Waals surface area contributed by atoms with Crippen LogP contribution in [0.4, 0.5) is 18.9 Å². The zero-order valence-corrected chi connectivity index (χ0v) is 11.7. The summed E-state index contributed by atoms with van der Waals surface area (Å²) in [4.78, 5) is 0. The van der Waals surface area contributed by atoms with E-state index in [9.17, 15) is 13.2 Å². The summed E-state index contributed by atoms with van der Waals surface area (Å²) in [5.74, 6) is -0.839. The SMILES string of the molecule is Cc1cc(F)c(NC(c2ccc(F)cc2)C2CC2)cc1F. The summed E-state index contributed by atoms with van der Waals surface area (Å²) in [7, 11) is 0. The van der Waals surface area contributed by atoms with E-state index in [0.29, 0.717) is 5.92 Å². The van der Waals surface area contributed by atoms with Crippen molar-refractivity contribution in [1.82, 2.24) is 0 Å². The highest BCUT2D eigenvalue weighted by molar-refractivity contribution is 5.49. The molecule has 0 saturated heterocycles. The molecule has 21 heavy (non-hydrogen) atoms. The van der Waals surface area contributed by atoms with Gasteiger partial charge in [-0.25, -0.2) is 13.2 Å². The second-order valence-electron chi connectivity index (χ2n) is 5.59. The first-order valence-corrected chi connectivity index (χ1v) is 7.02. The Morgan fingerprint density at radius 2 is 1.67 bits per heavy atom. The molecule has 2 aromatic rings. The van der Waals surface area contributed by atoms with Gasteiger partial charge in [-0.1, -0.05) is 12.1 Å². The van der Waals surface area contributed by atoms with Crippen molar-refractivity contribution in [1.29, 1.82) is 0 Å². The quantitative estimate of drug-likeness (QED) is 0.838. The summed E-state index contributed by atoms with van der Waals surface area (Å²) in [6.07, 6.45) is 2.07. The molecule has 4 heteroatoms. The molecule has 1 aliphatic carbocycles. The molecule has 0 radical (unpaired) electrons. The first-order valence-electron chi connectivity index (χ1n) is 7.02. The zero-order valence-electron chi connectivity index (χ0n) is 11.7. The lowest BCUT2D eigenvalue weighted by molar-refractivity contribution is 0.587. The summed E-state index contributed by atoms with van der Waals surface area (Å²) >= 11 is 0. The van der Waals surface area contributed by atoms with Gasteiger partial charge in [-0.2, -0.15) is 0 Å². The largest absolute Gasteiger partial charge is 0.376 e. The average Bonchev–Trinajstić information content (AvgIpc) is 3.27. The third kappa shape index (κ3) is 3.04. The number of nitrogens with one attached hydrogen (secondary N) is 1. The van der Waals surface area contributed by atoms with Gasteiger partial charge in [0.25, 0.3) is 0 Å². The van der Waals surface area contributed by atoms with Crippen molar-refractivity contribution < 1.29 is 13.2 Å². The molecule has 1 nitrogen and oxygen atoms in total. The number of halogens is 3. The molecule has 2 aromatic carbocycles. The molecule has 1 fully saturated rings. The monoisotopic (exact) mass is 291 g/mol. The van der Waals surface area contributed by atoms with Gasteiger partial charge in [0, 0.05) is 6.07 Å². The van der Waals surface area contributed by atoms with Crippen molar-refractivity contribution in [2.45, 2.75) is 25.8 Å². The summed E-state index contributed by atoms with van der Waals surface area (Å²) in [6.45, 7) is 1.53. The lowest BCUT2D eigenvalue weighted by Crippen LogP contribution is -2.14. The highest BCUT2D eigenvalue weighted by atomic mass is 19.1. The van der Waals surface area contributed by atoms with Crippen molar-refractivity contribution in [2.75, 3.05) is 5.32 Å². The van der Waals surface area contributed by atoms with Gasteiger partial charge in [0.2, 0.25) is 0 Å². The molecule has 0 bridgehead atoms. The van der Waals surface area contributed by atoms with E-state index in [2.05, 4.69) is 5.32 Å². The van der Waals surface area contributed by atoms with Gasteiger partial charge in [-0.05, 0) is 55.0 Å². The number of benzene rings is 2. The summed E-state index contributed by atoms with van der Waals surface area (Å²) in [6, 6.07) is 8.40. The second kappa shape index (κ2) is 5.43. The molecule has 0 heterocycles. The maximum atomic E-state index is 14.0. The van der Waals surface area contributed by atoms with Crippen LogP contribution in [0.5, 0.6) is 0 Å². The molecule has 0 amide bonds. The van der Waals surface area contributed by atoms with Crippen LogP contribution in [0.2, 0.25) is 0 Å². The Bertz CT molecular complexity index is 648. The Kier molecular flexibility index (Phi) is 3.62. The maximum Gasteiger partial charge on any atom is 0.146 e. The van der Waals surface area contributed by atoms with Gasteiger partial charge < -0.3 is 5.32 Å². The van der Waals surface area contributed by atoms with E-state index < -0.39 is 11.6 Å². The molecule has 1 N–H and O–H groups in total. The highest BCUT2D eigenvalue weighted by Crippen LogP contribution is 2.43. The van der Waals surface area contributed by atoms with Gasteiger partial charge in [0.15, 0.2) is 0 Å². The predicted octanol–water partition coefficient (Wildman–Crippen LogP) is 4.98. The minimum Gasteiger partial charge on any atom is -0.376 e. The fourth-order valence-corrected chi connectivity index (χ4v) is 2.50. The van der Waals surface area contributed by atoms with Crippen LogP contribution in [-0.2, 0) is 0 Å². The van der Waals surface area contributed by atoms with Crippen LogP contribution in [0.3, 0.4) is 0 Å². The van der Waals surface area contributed by atoms with E-state index in [0.717, 1.165) is 18.4 Å². The fraction of sp³-hybridized carbons (Fsp3) is 0.294. The van der Waals surface area contributed by atoms with Gasteiger partial charge in [-0.3, -0.25) is 0 Å². The highest BCUT2D eigenvalue weighted by Gasteiger charge is 2.32. The minimum absolute atomic E-state index is 0.123. The lowest BCUT2D eigenvalue weighted by atomic mass is 10.0. The smallest absolute Gasteiger partial charge is 0.146 e. The van der Waals surface area contributed by atoms with E-state index in [-0.39, 0.29) is 23.1 Å². The zero-order chi connectivity index (χ0) is 15.0. The normalized spacial score (nSPS) is 15.8. The minimum atomic E-state index is -0.471. The lowest BCUT2D eigenvalue weighted by Gasteiger charge is -2.21. The number of anilines is 1. The molecule has 0 spiro atoms. The molecule has 1 unspecified atom stereocenters. The van der Waals surface area contributed by atoms with E-state index in [1.165, 1.54) is 31.2 Å². The van der Waals surface area contributed by atoms with Crippen LogP contribution in [-0.4, -0.2) is 0 Å². The van der Waals surface area contributed by atoms with Crippen molar-refractivity contribution in [3.8, 4) is 0 Å². The third-order valence-electron chi connectivity index (χ3n) is 3.88. The molecule has 1 saturated carbocycles. The Labute approximate surface area is 121 Å². The maximum absolute atomic E-state index is 14.0. The van der Waals surface area contributed by atoms with Crippen LogP contribution in [0.1, 0.15) is 30.0 Å². The third-order valence-corrected chi connectivity index (χ3v) is 3.88. The van der Waals surface area contributed by atoms with Crippen molar-refractivity contribution in [3.05, 3.63) is 65.0 Å². The number of hydrogen-bond acceptors (Lipinski definition) is 1. The van der Waals surface area contributed by atoms with E-state index >= 15 is 0 Å². The fourth-order valence-electron chi connectivity index (χ4n) is 2.50. The molecule has 0 aromatic heterocycles. The topological polar surface area (TPSA) is 12.0 Å². The first-order chi connectivity index (χ1) is 10.0. The molecule has 3 rings (SSSR count). The average molecular weight is 291 g/mol. The Morgan fingerprint density at radius 1 is 1.00 bits per heavy atom. The van der Waals surface area contributed by atoms with Crippen LogP contribution in [0, 0.1) is 30.3 Å². The molecule has 110 valence electrons. The van der Waals surface area contributed by atoms with Crippen molar-refractivity contribution in [3.63, 3.8) is 0 Å². The molecule has 1 atom stereocenters. The van der Waals surface area contributed by atoms with Crippen molar-refractivity contribution in [2.24, 2.45) is 5.92 Å². The van der Waals surface area contributed by atoms with E-state index in [1.807, 2.05) is 0 Å². The van der Waals surface area contributed by atoms with Crippen molar-refractivity contribution >= 4 is 5.69 Å². The van der Waals surface area contributed by atoms with Crippen LogP contribution in [0.15, 0.2) is 36.4 Å². The van der Waals surface area contributed by atoms with Gasteiger partial charge in [0.1, 0.15) is 17.5 Å². The summed E-state index contributed by atoms with van der Waals surface area (Å²) in [5.41, 5.74) is 1.32. The molecular formula is C17H16F3N. The van der Waals surface area contributed by atoms with Gasteiger partial charge >= 0.3 is 0 Å². The van der Waals surface area contributed by atoms with E-state index in [4.69, 9.17) is 0 Å². The van der Waals surface area contributed by atoms with Gasteiger partial charge in [0.05, 0.1) is 11.7 Å². The standard InChI is InChI=1S/C17H16F3N/c1-10-8-15(20)16(9-14(10)19)21-17(11-2-3-11)12-4-6-13(18)7-5-12/h4-9,11,17,21H,2-3H2,1H3. The summed E-state index contributed by atoms with van der Waals surface area (Å²) in [5, 5.41) is 3.08. The molecular weight excluding hydrogens is 275 g/mol. The Balaban J connectivity index is 1.89. The van der Waals surface area contributed by atoms with Crippen LogP contribution < -0.4 is 5.32 Å². The number of hydrogen-bond donors (Lipinski definition) is 1.